The molecule has 0 radical (unpaired) electrons. The second kappa shape index (κ2) is 6.01. The summed E-state index contributed by atoms with van der Waals surface area (Å²) in [7, 11) is 0. The molecule has 3 aromatic rings. The van der Waals surface area contributed by atoms with Crippen LogP contribution >= 0.6 is 0 Å². The van der Waals surface area contributed by atoms with E-state index in [1.54, 1.807) is 0 Å². The molecular weight excluding hydrogens is 318 g/mol. The van der Waals surface area contributed by atoms with Gasteiger partial charge in [-0.25, -0.2) is 0 Å². The molecule has 1 atom stereocenters. The third-order valence-corrected chi connectivity index (χ3v) is 4.50. The van der Waals surface area contributed by atoms with Gasteiger partial charge < -0.3 is 10.6 Å². The normalized spacial score (nSPS) is 16.4. The number of amides is 2. The molecule has 1 aliphatic rings. The van der Waals surface area contributed by atoms with Gasteiger partial charge in [0, 0.05) is 24.4 Å². The van der Waals surface area contributed by atoms with Gasteiger partial charge in [-0.2, -0.15) is 15.4 Å². The van der Waals surface area contributed by atoms with Crippen LogP contribution in [0.5, 0.6) is 0 Å². The number of para-hydroxylation sites is 1. The molecule has 126 valence electrons. The Bertz CT molecular complexity index is 979. The van der Waals surface area contributed by atoms with E-state index in [2.05, 4.69) is 26.0 Å². The first-order chi connectivity index (χ1) is 12.1. The topological polar surface area (TPSA) is 99.8 Å². The smallest absolute Gasteiger partial charge is 0.225 e. The van der Waals surface area contributed by atoms with E-state index in [9.17, 15) is 9.59 Å². The predicted molar refractivity (Wildman–Crippen MR) is 94.3 cm³/mol. The Kier molecular flexibility index (Phi) is 3.68. The quantitative estimate of drug-likeness (QED) is 0.685. The summed E-state index contributed by atoms with van der Waals surface area (Å²) < 4.78 is 0. The lowest BCUT2D eigenvalue weighted by Crippen LogP contribution is -2.26. The Hall–Kier alpha value is -3.22. The van der Waals surface area contributed by atoms with Crippen LogP contribution in [-0.2, 0) is 9.59 Å². The van der Waals surface area contributed by atoms with Crippen LogP contribution in [0.3, 0.4) is 0 Å². The van der Waals surface area contributed by atoms with Crippen LogP contribution in [0.15, 0.2) is 36.4 Å². The standard InChI is InChI=1S/C18H17N5O2/c1-10-6-7-14-18(22-23-21-14)17(10)20-16(25)9-11-8-15(24)19-13-5-3-2-4-12(11)13/h2-7,11H,8-9H2,1H3,(H,19,24)(H,20,25)(H,21,22,23). The summed E-state index contributed by atoms with van der Waals surface area (Å²) in [5, 5.41) is 16.5. The van der Waals surface area contributed by atoms with E-state index in [-0.39, 0.29) is 24.2 Å². The minimum Gasteiger partial charge on any atom is -0.326 e. The molecule has 7 nitrogen and oxygen atoms in total. The Morgan fingerprint density at radius 3 is 2.96 bits per heavy atom. The van der Waals surface area contributed by atoms with E-state index in [0.29, 0.717) is 23.1 Å². The van der Waals surface area contributed by atoms with Gasteiger partial charge in [0.15, 0.2) is 0 Å². The molecule has 25 heavy (non-hydrogen) atoms. The highest BCUT2D eigenvalue weighted by Crippen LogP contribution is 2.34. The lowest BCUT2D eigenvalue weighted by Gasteiger charge is -2.25. The van der Waals surface area contributed by atoms with E-state index >= 15 is 0 Å². The number of hydrogen-bond acceptors (Lipinski definition) is 4. The van der Waals surface area contributed by atoms with Gasteiger partial charge in [-0.15, -0.1) is 0 Å². The molecule has 4 rings (SSSR count). The Balaban J connectivity index is 1.58. The van der Waals surface area contributed by atoms with Crippen LogP contribution in [0.25, 0.3) is 11.0 Å². The summed E-state index contributed by atoms with van der Waals surface area (Å²) in [5.74, 6) is -0.346. The zero-order valence-corrected chi connectivity index (χ0v) is 13.7. The number of carbonyl (C=O) groups is 2. The maximum atomic E-state index is 12.6. The van der Waals surface area contributed by atoms with Crippen molar-refractivity contribution >= 4 is 34.2 Å². The minimum atomic E-state index is -0.145. The SMILES string of the molecule is Cc1ccc2n[nH]nc2c1NC(=O)CC1CC(=O)Nc2ccccc21. The third kappa shape index (κ3) is 2.84. The Morgan fingerprint density at radius 1 is 1.24 bits per heavy atom. The van der Waals surface area contributed by atoms with Crippen LogP contribution < -0.4 is 10.6 Å². The fraction of sp³-hybridized carbons (Fsp3) is 0.222. The van der Waals surface area contributed by atoms with Crippen LogP contribution in [0.4, 0.5) is 11.4 Å². The number of fused-ring (bicyclic) bond motifs is 2. The van der Waals surface area contributed by atoms with Crippen molar-refractivity contribution in [2.24, 2.45) is 0 Å². The zero-order chi connectivity index (χ0) is 17.4. The largest absolute Gasteiger partial charge is 0.326 e. The first-order valence-corrected chi connectivity index (χ1v) is 8.10. The van der Waals surface area contributed by atoms with Gasteiger partial charge in [0.2, 0.25) is 11.8 Å². The summed E-state index contributed by atoms with van der Waals surface area (Å²) in [4.78, 5) is 24.5. The number of rotatable bonds is 3. The summed E-state index contributed by atoms with van der Waals surface area (Å²) in [6.07, 6.45) is 0.537. The highest BCUT2D eigenvalue weighted by Gasteiger charge is 2.27. The average Bonchev–Trinajstić information content (AvgIpc) is 3.06. The fourth-order valence-corrected chi connectivity index (χ4v) is 3.27. The molecular formula is C18H17N5O2. The first-order valence-electron chi connectivity index (χ1n) is 8.10. The lowest BCUT2D eigenvalue weighted by molar-refractivity contribution is -0.118. The number of anilines is 2. The highest BCUT2D eigenvalue weighted by atomic mass is 16.2. The third-order valence-electron chi connectivity index (χ3n) is 4.50. The Labute approximate surface area is 143 Å². The van der Waals surface area contributed by atoms with E-state index < -0.39 is 0 Å². The molecule has 0 spiro atoms. The molecule has 1 aromatic heterocycles. The fourth-order valence-electron chi connectivity index (χ4n) is 3.27. The number of aromatic amines is 1. The first kappa shape index (κ1) is 15.3. The van der Waals surface area contributed by atoms with Crippen molar-refractivity contribution in [3.63, 3.8) is 0 Å². The van der Waals surface area contributed by atoms with E-state index in [1.165, 1.54) is 0 Å². The van der Waals surface area contributed by atoms with Crippen molar-refractivity contribution in [1.82, 2.24) is 15.4 Å². The van der Waals surface area contributed by atoms with Crippen molar-refractivity contribution in [2.75, 3.05) is 10.6 Å². The van der Waals surface area contributed by atoms with Crippen molar-refractivity contribution in [1.29, 1.82) is 0 Å². The number of hydrogen-bond donors (Lipinski definition) is 3. The summed E-state index contributed by atoms with van der Waals surface area (Å²) in [5.41, 5.74) is 4.68. The van der Waals surface area contributed by atoms with Gasteiger partial charge >= 0.3 is 0 Å². The second-order valence-corrected chi connectivity index (χ2v) is 6.24. The van der Waals surface area contributed by atoms with Crippen molar-refractivity contribution < 1.29 is 9.59 Å². The molecule has 2 heterocycles. The van der Waals surface area contributed by atoms with E-state index in [4.69, 9.17) is 0 Å². The summed E-state index contributed by atoms with van der Waals surface area (Å²) >= 11 is 0. The number of nitrogens with one attached hydrogen (secondary N) is 3. The number of aromatic nitrogens is 3. The van der Waals surface area contributed by atoms with Crippen molar-refractivity contribution in [3.8, 4) is 0 Å². The van der Waals surface area contributed by atoms with E-state index in [1.807, 2.05) is 43.3 Å². The van der Waals surface area contributed by atoms with Crippen molar-refractivity contribution in [2.45, 2.75) is 25.7 Å². The number of aryl methyl sites for hydroxylation is 1. The number of carbonyl (C=O) groups excluding carboxylic acids is 2. The summed E-state index contributed by atoms with van der Waals surface area (Å²) in [6.45, 7) is 1.91. The average molecular weight is 335 g/mol. The maximum absolute atomic E-state index is 12.6. The molecule has 1 unspecified atom stereocenters. The predicted octanol–water partition coefficient (Wildman–Crippen LogP) is 2.72. The lowest BCUT2D eigenvalue weighted by atomic mass is 9.87. The van der Waals surface area contributed by atoms with Crippen LogP contribution in [0.2, 0.25) is 0 Å². The van der Waals surface area contributed by atoms with E-state index in [0.717, 1.165) is 16.8 Å². The number of H-pyrrole nitrogens is 1. The van der Waals surface area contributed by atoms with Crippen LogP contribution in [-0.4, -0.2) is 27.2 Å². The molecule has 1 aliphatic heterocycles. The number of nitrogens with zero attached hydrogens (tertiary/aromatic N) is 2. The van der Waals surface area contributed by atoms with Gasteiger partial charge in [-0.3, -0.25) is 9.59 Å². The molecule has 3 N–H and O–H groups in total. The maximum Gasteiger partial charge on any atom is 0.225 e. The van der Waals surface area contributed by atoms with Gasteiger partial charge in [0.25, 0.3) is 0 Å². The zero-order valence-electron chi connectivity index (χ0n) is 13.7. The van der Waals surface area contributed by atoms with Gasteiger partial charge in [-0.1, -0.05) is 24.3 Å². The monoisotopic (exact) mass is 335 g/mol. The summed E-state index contributed by atoms with van der Waals surface area (Å²) in [6, 6.07) is 11.3. The molecule has 0 saturated carbocycles. The van der Waals surface area contributed by atoms with Crippen LogP contribution in [0, 0.1) is 6.92 Å². The molecule has 2 amide bonds. The number of benzene rings is 2. The molecule has 0 aliphatic carbocycles. The minimum absolute atomic E-state index is 0.0636. The molecule has 7 heteroatoms. The van der Waals surface area contributed by atoms with Crippen LogP contribution in [0.1, 0.15) is 29.9 Å². The molecule has 0 bridgehead atoms. The highest BCUT2D eigenvalue weighted by molar-refractivity contribution is 6.01. The van der Waals surface area contributed by atoms with Crippen molar-refractivity contribution in [3.05, 3.63) is 47.5 Å². The molecule has 0 saturated heterocycles. The molecule has 2 aromatic carbocycles. The second-order valence-electron chi connectivity index (χ2n) is 6.24. The van der Waals surface area contributed by atoms with Gasteiger partial charge in [0.05, 0.1) is 5.69 Å². The molecule has 0 fully saturated rings. The van der Waals surface area contributed by atoms with Gasteiger partial charge in [-0.05, 0) is 30.2 Å². The Morgan fingerprint density at radius 2 is 2.08 bits per heavy atom. The van der Waals surface area contributed by atoms with Gasteiger partial charge in [0.1, 0.15) is 11.0 Å².